The molecule has 106 valence electrons. The zero-order valence-electron chi connectivity index (χ0n) is 10.7. The summed E-state index contributed by atoms with van der Waals surface area (Å²) in [7, 11) is -4.58. The number of hydrogen-bond acceptors (Lipinski definition) is 4. The fourth-order valence-electron chi connectivity index (χ4n) is 2.34. The molecule has 0 spiro atoms. The first kappa shape index (κ1) is 15.6. The lowest BCUT2D eigenvalue weighted by molar-refractivity contribution is -0.385. The molecule has 0 aliphatic heterocycles. The van der Waals surface area contributed by atoms with E-state index in [-0.39, 0.29) is 24.1 Å². The maximum absolute atomic E-state index is 11.8. The number of para-hydroxylation sites is 1. The van der Waals surface area contributed by atoms with Crippen LogP contribution in [0.5, 0.6) is 0 Å². The number of anilines is 1. The van der Waals surface area contributed by atoms with Crippen LogP contribution in [0.4, 0.5) is 11.4 Å². The molecule has 0 saturated carbocycles. The zero-order chi connectivity index (χ0) is 14.8. The smallest absolute Gasteiger partial charge is 0.336 e. The van der Waals surface area contributed by atoms with Gasteiger partial charge in [-0.25, -0.2) is 0 Å². The molecule has 0 heterocycles. The Morgan fingerprint density at radius 1 is 1.37 bits per heavy atom. The van der Waals surface area contributed by atoms with Gasteiger partial charge in [-0.3, -0.25) is 14.7 Å². The summed E-state index contributed by atoms with van der Waals surface area (Å²) in [5, 5.41) is 9.54. The summed E-state index contributed by atoms with van der Waals surface area (Å²) >= 11 is 0. The Balaban J connectivity index is 3.71. The third-order valence-corrected chi connectivity index (χ3v) is 5.47. The molecule has 7 nitrogen and oxygen atoms in total. The molecule has 0 aliphatic carbocycles. The summed E-state index contributed by atoms with van der Waals surface area (Å²) in [4.78, 5) is 29.7. The second-order valence-electron chi connectivity index (χ2n) is 4.28. The molecule has 0 amide bonds. The minimum atomic E-state index is -4.58. The van der Waals surface area contributed by atoms with E-state index in [1.807, 2.05) is 0 Å². The van der Waals surface area contributed by atoms with Crippen molar-refractivity contribution in [2.45, 2.75) is 31.8 Å². The van der Waals surface area contributed by atoms with E-state index in [0.29, 0.717) is 0 Å². The van der Waals surface area contributed by atoms with Crippen molar-refractivity contribution in [1.29, 1.82) is 0 Å². The van der Waals surface area contributed by atoms with Crippen LogP contribution < -0.4 is 5.73 Å². The highest BCUT2D eigenvalue weighted by Gasteiger charge is 2.49. The lowest BCUT2D eigenvalue weighted by Crippen LogP contribution is -2.26. The second-order valence-corrected chi connectivity index (χ2v) is 6.23. The van der Waals surface area contributed by atoms with Gasteiger partial charge in [-0.1, -0.05) is 26.0 Å². The van der Waals surface area contributed by atoms with E-state index in [2.05, 4.69) is 0 Å². The number of nitrogen functional groups attached to an aromatic ring is 1. The summed E-state index contributed by atoms with van der Waals surface area (Å²) in [5.41, 5.74) is 5.06. The standard InChI is InChI=1S/C11H17N2O5P/c1-3-11(4-2,19(16,17)18)8-6-5-7-9(12)10(8)13(14)15/h5-7H,3-4,12H2,1-2H3,(H2,16,17,18). The van der Waals surface area contributed by atoms with Gasteiger partial charge in [-0.2, -0.15) is 0 Å². The number of hydrogen-bond donors (Lipinski definition) is 3. The SMILES string of the molecule is CCC(CC)(c1cccc(N)c1[N+](=O)[O-])P(=O)(O)O. The van der Waals surface area contributed by atoms with Gasteiger partial charge < -0.3 is 15.5 Å². The van der Waals surface area contributed by atoms with Crippen LogP contribution in [-0.4, -0.2) is 14.7 Å². The summed E-state index contributed by atoms with van der Waals surface area (Å²) in [5.74, 6) is 0. The summed E-state index contributed by atoms with van der Waals surface area (Å²) in [6, 6.07) is 4.17. The monoisotopic (exact) mass is 288 g/mol. The average molecular weight is 288 g/mol. The molecular weight excluding hydrogens is 271 g/mol. The fourth-order valence-corrected chi connectivity index (χ4v) is 3.66. The van der Waals surface area contributed by atoms with E-state index in [1.165, 1.54) is 18.2 Å². The van der Waals surface area contributed by atoms with Gasteiger partial charge in [0.15, 0.2) is 0 Å². The Kier molecular flexibility index (Phi) is 4.35. The minimum absolute atomic E-state index is 0.00386. The number of nitro benzene ring substituents is 1. The highest BCUT2D eigenvalue weighted by Crippen LogP contribution is 2.62. The molecular formula is C11H17N2O5P. The van der Waals surface area contributed by atoms with Gasteiger partial charge in [0.1, 0.15) is 10.8 Å². The predicted molar refractivity (Wildman–Crippen MR) is 71.8 cm³/mol. The third kappa shape index (κ3) is 2.49. The van der Waals surface area contributed by atoms with E-state index in [9.17, 15) is 24.5 Å². The lowest BCUT2D eigenvalue weighted by Gasteiger charge is -2.32. The van der Waals surface area contributed by atoms with Crippen molar-refractivity contribution in [3.63, 3.8) is 0 Å². The van der Waals surface area contributed by atoms with Crippen LogP contribution in [0.2, 0.25) is 0 Å². The van der Waals surface area contributed by atoms with Crippen LogP contribution >= 0.6 is 7.60 Å². The molecule has 0 aliphatic rings. The van der Waals surface area contributed by atoms with Crippen LogP contribution in [0.15, 0.2) is 18.2 Å². The average Bonchev–Trinajstić information content (AvgIpc) is 2.29. The summed E-state index contributed by atoms with van der Waals surface area (Å²) in [6.45, 7) is 3.19. The van der Waals surface area contributed by atoms with Gasteiger partial charge in [0.25, 0.3) is 5.69 Å². The van der Waals surface area contributed by atoms with E-state index in [0.717, 1.165) is 0 Å². The van der Waals surface area contributed by atoms with Crippen LogP contribution in [0.25, 0.3) is 0 Å². The normalized spacial score (nSPS) is 12.4. The molecule has 0 saturated heterocycles. The molecule has 1 aromatic carbocycles. The second kappa shape index (κ2) is 5.28. The van der Waals surface area contributed by atoms with Crippen LogP contribution in [0, 0.1) is 10.1 Å². The molecule has 8 heteroatoms. The van der Waals surface area contributed by atoms with Crippen molar-refractivity contribution in [1.82, 2.24) is 0 Å². The minimum Gasteiger partial charge on any atom is -0.393 e. The van der Waals surface area contributed by atoms with Crippen LogP contribution in [-0.2, 0) is 9.72 Å². The Labute approximate surface area is 110 Å². The fraction of sp³-hybridized carbons (Fsp3) is 0.455. The highest BCUT2D eigenvalue weighted by molar-refractivity contribution is 7.53. The van der Waals surface area contributed by atoms with Crippen molar-refractivity contribution >= 4 is 19.0 Å². The van der Waals surface area contributed by atoms with Crippen molar-refractivity contribution in [2.24, 2.45) is 0 Å². The van der Waals surface area contributed by atoms with Crippen LogP contribution in [0.3, 0.4) is 0 Å². The van der Waals surface area contributed by atoms with Gasteiger partial charge >= 0.3 is 7.60 Å². The highest BCUT2D eigenvalue weighted by atomic mass is 31.2. The first-order valence-corrected chi connectivity index (χ1v) is 7.41. The van der Waals surface area contributed by atoms with E-state index < -0.39 is 23.4 Å². The number of nitrogens with zero attached hydrogens (tertiary/aromatic N) is 1. The first-order valence-electron chi connectivity index (χ1n) is 5.80. The van der Waals surface area contributed by atoms with Crippen molar-refractivity contribution in [3.05, 3.63) is 33.9 Å². The zero-order valence-corrected chi connectivity index (χ0v) is 11.6. The number of rotatable bonds is 5. The molecule has 0 unspecified atom stereocenters. The molecule has 0 fully saturated rings. The predicted octanol–water partition coefficient (Wildman–Crippen LogP) is 2.37. The summed E-state index contributed by atoms with van der Waals surface area (Å²) < 4.78 is 11.8. The Morgan fingerprint density at radius 2 is 1.89 bits per heavy atom. The van der Waals surface area contributed by atoms with E-state index in [1.54, 1.807) is 13.8 Å². The van der Waals surface area contributed by atoms with Gasteiger partial charge in [0, 0.05) is 0 Å². The first-order chi connectivity index (χ1) is 8.71. The molecule has 0 aromatic heterocycles. The van der Waals surface area contributed by atoms with Gasteiger partial charge in [0.05, 0.1) is 10.5 Å². The topological polar surface area (TPSA) is 127 Å². The molecule has 1 rings (SSSR count). The van der Waals surface area contributed by atoms with Crippen molar-refractivity contribution < 1.29 is 19.3 Å². The largest absolute Gasteiger partial charge is 0.393 e. The van der Waals surface area contributed by atoms with Crippen molar-refractivity contribution in [3.8, 4) is 0 Å². The van der Waals surface area contributed by atoms with Crippen LogP contribution in [0.1, 0.15) is 32.3 Å². The molecule has 0 atom stereocenters. The number of benzene rings is 1. The maximum Gasteiger partial charge on any atom is 0.336 e. The molecule has 4 N–H and O–H groups in total. The lowest BCUT2D eigenvalue weighted by atomic mass is 9.90. The van der Waals surface area contributed by atoms with Gasteiger partial charge in [0.2, 0.25) is 0 Å². The third-order valence-electron chi connectivity index (χ3n) is 3.48. The Hall–Kier alpha value is -1.43. The Bertz CT molecular complexity index is 536. The van der Waals surface area contributed by atoms with Crippen molar-refractivity contribution in [2.75, 3.05) is 5.73 Å². The van der Waals surface area contributed by atoms with E-state index in [4.69, 9.17) is 5.73 Å². The molecule has 0 bridgehead atoms. The van der Waals surface area contributed by atoms with Gasteiger partial charge in [-0.05, 0) is 18.9 Å². The summed E-state index contributed by atoms with van der Waals surface area (Å²) in [6.07, 6.45) is 0.163. The molecule has 0 radical (unpaired) electrons. The number of nitrogens with two attached hydrogens (primary N) is 1. The van der Waals surface area contributed by atoms with Gasteiger partial charge in [-0.15, -0.1) is 0 Å². The van der Waals surface area contributed by atoms with E-state index >= 15 is 0 Å². The number of nitro groups is 1. The quantitative estimate of drug-likeness (QED) is 0.330. The molecule has 1 aromatic rings. The maximum atomic E-state index is 11.8. The Morgan fingerprint density at radius 3 is 2.26 bits per heavy atom. The molecule has 19 heavy (non-hydrogen) atoms.